The number of sulfone groups is 1. The Hall–Kier alpha value is -1.47. The molecule has 6 nitrogen and oxygen atoms in total. The van der Waals surface area contributed by atoms with Crippen molar-refractivity contribution >= 4 is 33.0 Å². The van der Waals surface area contributed by atoms with Gasteiger partial charge in [0.25, 0.3) is 5.91 Å². The number of anilines is 1. The molecule has 1 aromatic carbocycles. The first-order valence-corrected chi connectivity index (χ1v) is 8.54. The van der Waals surface area contributed by atoms with Crippen LogP contribution in [0.4, 0.5) is 5.69 Å². The van der Waals surface area contributed by atoms with Crippen LogP contribution >= 0.6 is 11.6 Å². The third-order valence-corrected chi connectivity index (χ3v) is 5.10. The van der Waals surface area contributed by atoms with Gasteiger partial charge in [-0.1, -0.05) is 18.5 Å². The molecule has 0 bridgehead atoms. The van der Waals surface area contributed by atoms with E-state index in [2.05, 4.69) is 5.32 Å². The number of nitrogens with one attached hydrogen (secondary N) is 1. The van der Waals surface area contributed by atoms with Crippen LogP contribution in [0.2, 0.25) is 5.02 Å². The molecule has 0 spiro atoms. The van der Waals surface area contributed by atoms with E-state index in [1.54, 1.807) is 13.8 Å². The third-order valence-electron chi connectivity index (χ3n) is 2.88. The van der Waals surface area contributed by atoms with Gasteiger partial charge in [-0.25, -0.2) is 8.42 Å². The number of methoxy groups -OCH3 is 1. The van der Waals surface area contributed by atoms with Gasteiger partial charge in [0, 0.05) is 17.9 Å². The summed E-state index contributed by atoms with van der Waals surface area (Å²) in [5, 5.41) is 2.84. The fraction of sp³-hybridized carbons (Fsp3) is 0.462. The Bertz CT molecular complexity index is 631. The minimum absolute atomic E-state index is 0.0320. The lowest BCUT2D eigenvalue weighted by molar-refractivity contribution is 0.0940. The van der Waals surface area contributed by atoms with Crippen molar-refractivity contribution in [3.05, 3.63) is 22.7 Å². The zero-order valence-corrected chi connectivity index (χ0v) is 13.7. The molecule has 1 aromatic rings. The van der Waals surface area contributed by atoms with E-state index < -0.39 is 21.8 Å². The Balaban J connectivity index is 2.92. The first-order valence-electron chi connectivity index (χ1n) is 6.34. The second-order valence-electron chi connectivity index (χ2n) is 4.65. The summed E-state index contributed by atoms with van der Waals surface area (Å²) in [6.07, 6.45) is 0. The molecule has 0 aliphatic carbocycles. The summed E-state index contributed by atoms with van der Waals surface area (Å²) in [5.41, 5.74) is 6.15. The number of benzene rings is 1. The van der Waals surface area contributed by atoms with E-state index in [0.717, 1.165) is 0 Å². The minimum Gasteiger partial charge on any atom is -0.496 e. The molecular formula is C13H19ClN2O4S. The molecule has 0 heterocycles. The van der Waals surface area contributed by atoms with Crippen molar-refractivity contribution in [3.8, 4) is 5.75 Å². The van der Waals surface area contributed by atoms with Crippen LogP contribution in [0.1, 0.15) is 24.2 Å². The molecule has 0 saturated carbocycles. The Morgan fingerprint density at radius 2 is 2.10 bits per heavy atom. The summed E-state index contributed by atoms with van der Waals surface area (Å²) in [4.78, 5) is 12.2. The quantitative estimate of drug-likeness (QED) is 0.768. The normalized spacial score (nSPS) is 12.8. The Morgan fingerprint density at radius 3 is 2.62 bits per heavy atom. The zero-order chi connectivity index (χ0) is 16.2. The number of hydrogen-bond acceptors (Lipinski definition) is 5. The van der Waals surface area contributed by atoms with E-state index >= 15 is 0 Å². The number of hydrogen-bond donors (Lipinski definition) is 2. The van der Waals surface area contributed by atoms with E-state index in [1.807, 2.05) is 0 Å². The maximum absolute atomic E-state index is 12.2. The number of halogens is 1. The molecule has 1 rings (SSSR count). The molecule has 0 aromatic heterocycles. The van der Waals surface area contributed by atoms with E-state index in [4.69, 9.17) is 22.1 Å². The van der Waals surface area contributed by atoms with Crippen LogP contribution in [0.5, 0.6) is 5.75 Å². The number of carbonyl (C=O) groups is 1. The first-order chi connectivity index (χ1) is 9.70. The molecule has 0 aliphatic heterocycles. The Kier molecular flexibility index (Phi) is 5.86. The smallest absolute Gasteiger partial charge is 0.255 e. The molecular weight excluding hydrogens is 316 g/mol. The number of ether oxygens (including phenoxy) is 1. The van der Waals surface area contributed by atoms with Crippen molar-refractivity contribution in [2.75, 3.05) is 24.3 Å². The van der Waals surface area contributed by atoms with Crippen LogP contribution in [-0.2, 0) is 9.84 Å². The van der Waals surface area contributed by atoms with Gasteiger partial charge < -0.3 is 15.8 Å². The van der Waals surface area contributed by atoms with E-state index in [0.29, 0.717) is 5.69 Å². The van der Waals surface area contributed by atoms with Crippen molar-refractivity contribution in [2.45, 2.75) is 19.9 Å². The number of amides is 1. The summed E-state index contributed by atoms with van der Waals surface area (Å²) >= 11 is 5.90. The third kappa shape index (κ3) is 4.78. The Morgan fingerprint density at radius 1 is 1.48 bits per heavy atom. The average Bonchev–Trinajstić information content (AvgIpc) is 2.40. The molecule has 3 N–H and O–H groups in total. The van der Waals surface area contributed by atoms with Gasteiger partial charge in [-0.15, -0.1) is 0 Å². The summed E-state index contributed by atoms with van der Waals surface area (Å²) in [7, 11) is -1.76. The van der Waals surface area contributed by atoms with Gasteiger partial charge in [0.15, 0.2) is 9.84 Å². The summed E-state index contributed by atoms with van der Waals surface area (Å²) in [6.45, 7) is 3.18. The largest absolute Gasteiger partial charge is 0.496 e. The van der Waals surface area contributed by atoms with Gasteiger partial charge in [0.05, 0.1) is 29.1 Å². The SMILES string of the molecule is CCS(=O)(=O)CC(C)NC(=O)c1cc(Cl)c(N)cc1OC. The van der Waals surface area contributed by atoms with Crippen LogP contribution in [0, 0.1) is 0 Å². The molecule has 1 amide bonds. The standard InChI is InChI=1S/C13H19ClN2O4S/c1-4-21(18,19)7-8(2)16-13(17)9-5-10(14)11(15)6-12(9)20-3/h5-6,8H,4,7,15H2,1-3H3,(H,16,17). The van der Waals surface area contributed by atoms with Crippen molar-refractivity contribution in [2.24, 2.45) is 0 Å². The maximum Gasteiger partial charge on any atom is 0.255 e. The topological polar surface area (TPSA) is 98.5 Å². The van der Waals surface area contributed by atoms with Crippen LogP contribution in [0.15, 0.2) is 12.1 Å². The predicted octanol–water partition coefficient (Wildman–Crippen LogP) is 1.48. The van der Waals surface area contributed by atoms with Crippen molar-refractivity contribution < 1.29 is 17.9 Å². The van der Waals surface area contributed by atoms with Crippen molar-refractivity contribution in [1.29, 1.82) is 0 Å². The Labute approximate surface area is 129 Å². The molecule has 0 saturated heterocycles. The number of rotatable bonds is 6. The highest BCUT2D eigenvalue weighted by atomic mass is 35.5. The van der Waals surface area contributed by atoms with Gasteiger partial charge in [0.2, 0.25) is 0 Å². The minimum atomic E-state index is -3.17. The number of carbonyl (C=O) groups excluding carboxylic acids is 1. The van der Waals surface area contributed by atoms with Crippen LogP contribution in [-0.4, -0.2) is 39.0 Å². The van der Waals surface area contributed by atoms with Crippen LogP contribution in [0.25, 0.3) is 0 Å². The fourth-order valence-electron chi connectivity index (χ4n) is 1.76. The van der Waals surface area contributed by atoms with E-state index in [9.17, 15) is 13.2 Å². The highest BCUT2D eigenvalue weighted by molar-refractivity contribution is 7.91. The van der Waals surface area contributed by atoms with Crippen LogP contribution in [0.3, 0.4) is 0 Å². The van der Waals surface area contributed by atoms with Gasteiger partial charge in [-0.05, 0) is 13.0 Å². The lowest BCUT2D eigenvalue weighted by Gasteiger charge is -2.16. The van der Waals surface area contributed by atoms with Crippen molar-refractivity contribution in [3.63, 3.8) is 0 Å². The van der Waals surface area contributed by atoms with Gasteiger partial charge in [-0.2, -0.15) is 0 Å². The highest BCUT2D eigenvalue weighted by Gasteiger charge is 2.19. The molecule has 1 unspecified atom stereocenters. The number of nitrogens with two attached hydrogens (primary N) is 1. The summed E-state index contributed by atoms with van der Waals surface area (Å²) in [5.74, 6) is -0.280. The van der Waals surface area contributed by atoms with E-state index in [1.165, 1.54) is 19.2 Å². The summed E-state index contributed by atoms with van der Waals surface area (Å²) < 4.78 is 28.2. The second-order valence-corrected chi connectivity index (χ2v) is 7.45. The summed E-state index contributed by atoms with van der Waals surface area (Å²) in [6, 6.07) is 2.32. The molecule has 0 radical (unpaired) electrons. The fourth-order valence-corrected chi connectivity index (χ4v) is 3.00. The second kappa shape index (κ2) is 7.00. The lowest BCUT2D eigenvalue weighted by atomic mass is 10.1. The molecule has 8 heteroatoms. The molecule has 21 heavy (non-hydrogen) atoms. The zero-order valence-electron chi connectivity index (χ0n) is 12.1. The monoisotopic (exact) mass is 334 g/mol. The predicted molar refractivity (Wildman–Crippen MR) is 83.7 cm³/mol. The van der Waals surface area contributed by atoms with Crippen molar-refractivity contribution in [1.82, 2.24) is 5.32 Å². The lowest BCUT2D eigenvalue weighted by Crippen LogP contribution is -2.38. The first kappa shape index (κ1) is 17.6. The molecule has 118 valence electrons. The van der Waals surface area contributed by atoms with Crippen LogP contribution < -0.4 is 15.8 Å². The average molecular weight is 335 g/mol. The highest BCUT2D eigenvalue weighted by Crippen LogP contribution is 2.28. The van der Waals surface area contributed by atoms with E-state index in [-0.39, 0.29) is 27.8 Å². The van der Waals surface area contributed by atoms with Gasteiger partial charge >= 0.3 is 0 Å². The molecule has 0 fully saturated rings. The maximum atomic E-state index is 12.2. The van der Waals surface area contributed by atoms with Gasteiger partial charge in [0.1, 0.15) is 5.75 Å². The molecule has 0 aliphatic rings. The van der Waals surface area contributed by atoms with Gasteiger partial charge in [-0.3, -0.25) is 4.79 Å². The molecule has 1 atom stereocenters. The number of nitrogen functional groups attached to an aromatic ring is 1.